The third-order valence-electron chi connectivity index (χ3n) is 3.59. The summed E-state index contributed by atoms with van der Waals surface area (Å²) in [5, 5.41) is 11.1. The Kier molecular flexibility index (Phi) is 4.65. The minimum atomic E-state index is -4.85. The van der Waals surface area contributed by atoms with Crippen molar-refractivity contribution in [3.05, 3.63) is 41.7 Å². The van der Waals surface area contributed by atoms with Crippen LogP contribution in [0.3, 0.4) is 0 Å². The lowest BCUT2D eigenvalue weighted by Crippen LogP contribution is -2.17. The third kappa shape index (κ3) is 4.15. The predicted octanol–water partition coefficient (Wildman–Crippen LogP) is 2.83. The van der Waals surface area contributed by atoms with E-state index in [1.165, 1.54) is 18.2 Å². The fourth-order valence-electron chi connectivity index (χ4n) is 2.50. The molecule has 0 radical (unpaired) electrons. The number of nitrogens with two attached hydrogens (primary N) is 1. The highest BCUT2D eigenvalue weighted by atomic mass is 19.4. The number of hydrogen-bond donors (Lipinski definition) is 1. The number of rotatable bonds is 5. The number of aromatic nitrogens is 4. The molecule has 2 heterocycles. The molecule has 0 aliphatic carbocycles. The van der Waals surface area contributed by atoms with Crippen LogP contribution >= 0.6 is 0 Å². The van der Waals surface area contributed by atoms with Crippen molar-refractivity contribution in [3.8, 4) is 17.0 Å². The van der Waals surface area contributed by atoms with Gasteiger partial charge in [0.2, 0.25) is 11.7 Å². The number of hydrogen-bond acceptors (Lipinski definition) is 5. The summed E-state index contributed by atoms with van der Waals surface area (Å²) < 4.78 is 68.9. The number of nitrogens with zero attached hydrogens (tertiary/aromatic N) is 4. The van der Waals surface area contributed by atoms with Crippen molar-refractivity contribution in [3.63, 3.8) is 0 Å². The number of carbonyl (C=O) groups is 1. The predicted molar refractivity (Wildman–Crippen MR) is 85.4 cm³/mol. The zero-order valence-electron chi connectivity index (χ0n) is 14.2. The number of halogens is 5. The van der Waals surface area contributed by atoms with E-state index in [0.717, 1.165) is 16.6 Å². The van der Waals surface area contributed by atoms with Crippen LogP contribution in [0.2, 0.25) is 0 Å². The van der Waals surface area contributed by atoms with Gasteiger partial charge in [-0.25, -0.2) is 0 Å². The molecule has 7 nitrogen and oxygen atoms in total. The number of carbonyl (C=O) groups excluding carboxylic acids is 1. The van der Waals surface area contributed by atoms with Crippen LogP contribution in [-0.2, 0) is 17.1 Å². The van der Waals surface area contributed by atoms with Gasteiger partial charge in [0.05, 0.1) is 12.1 Å². The average molecular weight is 401 g/mol. The molecule has 3 rings (SSSR count). The largest absolute Gasteiger partial charge is 0.573 e. The SMILES string of the molecule is CC(F)(F)c1nnc2c(CC(N)=O)cc(-c3ccc(OC(F)(F)F)cc3)nn12. The molecule has 3 aromatic rings. The number of primary amides is 1. The first-order chi connectivity index (χ1) is 12.9. The molecule has 0 saturated heterocycles. The molecule has 0 atom stereocenters. The Morgan fingerprint density at radius 1 is 1.14 bits per heavy atom. The molecule has 0 aliphatic heterocycles. The minimum Gasteiger partial charge on any atom is -0.406 e. The van der Waals surface area contributed by atoms with Gasteiger partial charge in [-0.2, -0.15) is 18.4 Å². The van der Waals surface area contributed by atoms with Crippen molar-refractivity contribution < 1.29 is 31.5 Å². The van der Waals surface area contributed by atoms with Crippen molar-refractivity contribution >= 4 is 11.6 Å². The smallest absolute Gasteiger partial charge is 0.406 e. The zero-order chi connectivity index (χ0) is 20.7. The van der Waals surface area contributed by atoms with Crippen LogP contribution in [0.1, 0.15) is 18.3 Å². The Balaban J connectivity index is 2.11. The number of benzene rings is 1. The van der Waals surface area contributed by atoms with Crippen LogP contribution in [0.15, 0.2) is 30.3 Å². The monoisotopic (exact) mass is 401 g/mol. The Labute approximate surface area is 153 Å². The molecule has 1 amide bonds. The summed E-state index contributed by atoms with van der Waals surface area (Å²) in [6.07, 6.45) is -5.17. The van der Waals surface area contributed by atoms with Crippen molar-refractivity contribution in [2.45, 2.75) is 25.6 Å². The average Bonchev–Trinajstić information content (AvgIpc) is 2.98. The first kappa shape index (κ1) is 19.5. The lowest BCUT2D eigenvalue weighted by atomic mass is 10.1. The van der Waals surface area contributed by atoms with E-state index in [-0.39, 0.29) is 23.3 Å². The molecule has 0 saturated carbocycles. The molecule has 0 bridgehead atoms. The quantitative estimate of drug-likeness (QED) is 0.664. The summed E-state index contributed by atoms with van der Waals surface area (Å²) in [6, 6.07) is 5.99. The second kappa shape index (κ2) is 6.69. The Morgan fingerprint density at radius 2 is 1.79 bits per heavy atom. The molecular formula is C16H12F5N5O2. The highest BCUT2D eigenvalue weighted by Crippen LogP contribution is 2.29. The Hall–Kier alpha value is -3.31. The first-order valence-electron chi connectivity index (χ1n) is 7.72. The van der Waals surface area contributed by atoms with Crippen molar-refractivity contribution in [2.24, 2.45) is 5.73 Å². The molecular weight excluding hydrogens is 389 g/mol. The van der Waals surface area contributed by atoms with Gasteiger partial charge in [-0.15, -0.1) is 23.4 Å². The van der Waals surface area contributed by atoms with Crippen LogP contribution in [0.25, 0.3) is 16.9 Å². The van der Waals surface area contributed by atoms with Gasteiger partial charge in [-0.3, -0.25) is 4.79 Å². The summed E-state index contributed by atoms with van der Waals surface area (Å²) in [6.45, 7) is 0.606. The summed E-state index contributed by atoms with van der Waals surface area (Å²) in [5.74, 6) is -5.33. The molecule has 148 valence electrons. The molecule has 0 spiro atoms. The van der Waals surface area contributed by atoms with Gasteiger partial charge in [0.15, 0.2) is 5.65 Å². The topological polar surface area (TPSA) is 95.4 Å². The first-order valence-corrected chi connectivity index (χ1v) is 7.72. The van der Waals surface area contributed by atoms with Gasteiger partial charge in [0, 0.05) is 18.1 Å². The molecule has 1 aromatic carbocycles. The van der Waals surface area contributed by atoms with Crippen LogP contribution in [0.4, 0.5) is 22.0 Å². The van der Waals surface area contributed by atoms with E-state index in [0.29, 0.717) is 12.5 Å². The van der Waals surface area contributed by atoms with Crippen LogP contribution in [0, 0.1) is 0 Å². The zero-order valence-corrected chi connectivity index (χ0v) is 14.2. The summed E-state index contributed by atoms with van der Waals surface area (Å²) in [4.78, 5) is 11.3. The Bertz CT molecular complexity index is 1020. The molecule has 0 unspecified atom stereocenters. The molecule has 0 aliphatic rings. The van der Waals surface area contributed by atoms with E-state index in [1.54, 1.807) is 0 Å². The maximum atomic E-state index is 13.8. The molecule has 12 heteroatoms. The maximum absolute atomic E-state index is 13.8. The third-order valence-corrected chi connectivity index (χ3v) is 3.59. The maximum Gasteiger partial charge on any atom is 0.573 e. The lowest BCUT2D eigenvalue weighted by Gasteiger charge is -2.11. The minimum absolute atomic E-state index is 0.0731. The van der Waals surface area contributed by atoms with E-state index in [1.807, 2.05) is 0 Å². The van der Waals surface area contributed by atoms with Crippen molar-refractivity contribution in [1.29, 1.82) is 0 Å². The van der Waals surface area contributed by atoms with E-state index < -0.39 is 29.8 Å². The molecule has 2 N–H and O–H groups in total. The van der Waals surface area contributed by atoms with Gasteiger partial charge in [0.1, 0.15) is 5.75 Å². The van der Waals surface area contributed by atoms with Gasteiger partial charge in [-0.05, 0) is 30.3 Å². The second-order valence-electron chi connectivity index (χ2n) is 5.92. The van der Waals surface area contributed by atoms with E-state index >= 15 is 0 Å². The van der Waals surface area contributed by atoms with E-state index in [4.69, 9.17) is 5.73 Å². The van der Waals surface area contributed by atoms with Gasteiger partial charge in [-0.1, -0.05) is 0 Å². The van der Waals surface area contributed by atoms with Gasteiger partial charge in [0.25, 0.3) is 0 Å². The number of ether oxygens (including phenoxy) is 1. The van der Waals surface area contributed by atoms with E-state index in [9.17, 15) is 26.7 Å². The molecule has 0 fully saturated rings. The lowest BCUT2D eigenvalue weighted by molar-refractivity contribution is -0.274. The normalized spacial score (nSPS) is 12.4. The summed E-state index contributed by atoms with van der Waals surface area (Å²) in [5.41, 5.74) is 5.70. The summed E-state index contributed by atoms with van der Waals surface area (Å²) in [7, 11) is 0. The number of fused-ring (bicyclic) bond motifs is 1. The van der Waals surface area contributed by atoms with Gasteiger partial charge < -0.3 is 10.5 Å². The van der Waals surface area contributed by atoms with Crippen LogP contribution < -0.4 is 10.5 Å². The highest BCUT2D eigenvalue weighted by molar-refractivity contribution is 5.79. The van der Waals surface area contributed by atoms with Crippen molar-refractivity contribution in [1.82, 2.24) is 19.8 Å². The molecule has 2 aromatic heterocycles. The number of amides is 1. The fraction of sp³-hybridized carbons (Fsp3) is 0.250. The Morgan fingerprint density at radius 3 is 2.32 bits per heavy atom. The van der Waals surface area contributed by atoms with Crippen LogP contribution in [0.5, 0.6) is 5.75 Å². The van der Waals surface area contributed by atoms with E-state index in [2.05, 4.69) is 20.0 Å². The second-order valence-corrected chi connectivity index (χ2v) is 5.92. The van der Waals surface area contributed by atoms with Crippen LogP contribution in [-0.4, -0.2) is 32.1 Å². The van der Waals surface area contributed by atoms with Gasteiger partial charge >= 0.3 is 12.3 Å². The molecule has 28 heavy (non-hydrogen) atoms. The number of alkyl halides is 5. The summed E-state index contributed by atoms with van der Waals surface area (Å²) >= 11 is 0. The standard InChI is InChI=1S/C16H12F5N5O2/c1-15(17,18)14-24-23-13-9(7-12(22)27)6-11(25-26(13)14)8-2-4-10(5-3-8)28-16(19,20)21/h2-6H,7H2,1H3,(H2,22,27). The fourth-order valence-corrected chi connectivity index (χ4v) is 2.50. The highest BCUT2D eigenvalue weighted by Gasteiger charge is 2.33. The van der Waals surface area contributed by atoms with Crippen molar-refractivity contribution in [2.75, 3.05) is 0 Å².